The smallest absolute Gasteiger partial charge is 0.414 e. The Bertz CT molecular complexity index is 2200. The fraction of sp³-hybridized carbons (Fsp3) is 0.364. The number of aromatic carboxylic acids is 1. The molecule has 238 valence electrons. The summed E-state index contributed by atoms with van der Waals surface area (Å²) in [6.07, 6.45) is 6.71. The summed E-state index contributed by atoms with van der Waals surface area (Å²) in [5.41, 5.74) is 0.653. The Labute approximate surface area is 261 Å². The predicted molar refractivity (Wildman–Crippen MR) is 170 cm³/mol. The zero-order valence-electron chi connectivity index (χ0n) is 26.0. The van der Waals surface area contributed by atoms with Crippen LogP contribution in [0.25, 0.3) is 44.1 Å². The van der Waals surface area contributed by atoms with Gasteiger partial charge >= 0.3 is 12.1 Å². The van der Waals surface area contributed by atoms with E-state index in [0.717, 1.165) is 30.2 Å². The maximum atomic E-state index is 16.0. The van der Waals surface area contributed by atoms with E-state index in [4.69, 9.17) is 4.74 Å². The van der Waals surface area contributed by atoms with Crippen LogP contribution in [0, 0.1) is 17.0 Å². The molecule has 1 spiro atoms. The molecular weight excluding hydrogens is 598 g/mol. The number of amides is 1. The average molecular weight is 631 g/mol. The molecule has 2 fully saturated rings. The van der Waals surface area contributed by atoms with Crippen LogP contribution in [0.1, 0.15) is 50.4 Å². The number of carbonyl (C=O) groups excluding carboxylic acids is 1. The van der Waals surface area contributed by atoms with Gasteiger partial charge in [0.05, 0.1) is 33.1 Å². The second kappa shape index (κ2) is 9.96. The summed E-state index contributed by atoms with van der Waals surface area (Å²) in [5, 5.41) is 9.98. The van der Waals surface area contributed by atoms with E-state index in [1.807, 2.05) is 0 Å². The average Bonchev–Trinajstić information content (AvgIpc) is 3.44. The Kier molecular flexibility index (Phi) is 6.42. The lowest BCUT2D eigenvalue weighted by Gasteiger charge is -2.25. The van der Waals surface area contributed by atoms with Crippen molar-refractivity contribution in [3.63, 3.8) is 0 Å². The number of pyridine rings is 3. The molecule has 0 bridgehead atoms. The van der Waals surface area contributed by atoms with Crippen molar-refractivity contribution >= 4 is 56.4 Å². The number of aryl methyl sites for hydroxylation is 1. The lowest BCUT2D eigenvalue weighted by molar-refractivity contribution is 0.0588. The van der Waals surface area contributed by atoms with Gasteiger partial charge in [-0.15, -0.1) is 0 Å². The number of hydrogen-bond acceptors (Lipinski definition) is 7. The number of fused-ring (bicyclic) bond motifs is 4. The maximum absolute atomic E-state index is 16.0. The lowest BCUT2D eigenvalue weighted by atomic mass is 10.0. The van der Waals surface area contributed by atoms with Crippen molar-refractivity contribution in [3.8, 4) is 11.1 Å². The number of nitrogens with one attached hydrogen (secondary N) is 1. The van der Waals surface area contributed by atoms with Crippen molar-refractivity contribution in [2.24, 2.45) is 12.5 Å². The highest BCUT2D eigenvalue weighted by Crippen LogP contribution is 2.55. The number of aromatic nitrogens is 4. The standard InChI is InChI=1S/C33H32F2N6O5/c1-32(2,3)46-31(45)40(5)21-11-20(34)24(35)22-23-26(41-9-8-33(15-41)6-7-33)18(13-36-28(23)38-25(21)22)16-10-17-27(42)19(30(43)44)14-39(4)29(17)37-12-16/h10-14H,6-9,15H2,1-5H3,(H,36,38)(H,43,44). The minimum Gasteiger partial charge on any atom is -0.477 e. The molecule has 1 saturated heterocycles. The Morgan fingerprint density at radius 1 is 1.11 bits per heavy atom. The van der Waals surface area contributed by atoms with Crippen molar-refractivity contribution in [2.75, 3.05) is 29.9 Å². The molecule has 13 heteroatoms. The molecule has 4 aromatic heterocycles. The molecule has 1 aliphatic carbocycles. The summed E-state index contributed by atoms with van der Waals surface area (Å²) in [4.78, 5) is 53.5. The van der Waals surface area contributed by atoms with Crippen LogP contribution in [0.15, 0.2) is 35.5 Å². The maximum Gasteiger partial charge on any atom is 0.414 e. The summed E-state index contributed by atoms with van der Waals surface area (Å²) < 4.78 is 38.4. The number of aromatic amines is 1. The van der Waals surface area contributed by atoms with E-state index in [1.54, 1.807) is 46.3 Å². The molecule has 1 amide bonds. The fourth-order valence-electron chi connectivity index (χ4n) is 6.53. The fourth-order valence-corrected chi connectivity index (χ4v) is 6.53. The molecule has 1 aliphatic heterocycles. The van der Waals surface area contributed by atoms with Gasteiger partial charge in [0.1, 0.15) is 22.5 Å². The molecule has 0 radical (unpaired) electrons. The van der Waals surface area contributed by atoms with E-state index in [2.05, 4.69) is 19.9 Å². The number of rotatable bonds is 4. The van der Waals surface area contributed by atoms with Crippen molar-refractivity contribution in [2.45, 2.75) is 45.6 Å². The van der Waals surface area contributed by atoms with Crippen molar-refractivity contribution in [1.82, 2.24) is 19.5 Å². The number of halogens is 2. The van der Waals surface area contributed by atoms with Gasteiger partial charge in [0, 0.05) is 63.0 Å². The number of carboxylic acids is 1. The van der Waals surface area contributed by atoms with Crippen LogP contribution in [0.5, 0.6) is 0 Å². The molecule has 1 aromatic carbocycles. The van der Waals surface area contributed by atoms with E-state index >= 15 is 8.78 Å². The van der Waals surface area contributed by atoms with Gasteiger partial charge in [0.25, 0.3) is 0 Å². The molecule has 46 heavy (non-hydrogen) atoms. The van der Waals surface area contributed by atoms with Crippen molar-refractivity contribution in [3.05, 3.63) is 58.1 Å². The van der Waals surface area contributed by atoms with Crippen LogP contribution in [-0.4, -0.2) is 62.4 Å². The van der Waals surface area contributed by atoms with E-state index in [1.165, 1.54) is 17.8 Å². The Morgan fingerprint density at radius 2 is 1.85 bits per heavy atom. The number of hydrogen-bond donors (Lipinski definition) is 2. The van der Waals surface area contributed by atoms with E-state index in [-0.39, 0.29) is 33.0 Å². The van der Waals surface area contributed by atoms with E-state index in [0.29, 0.717) is 40.9 Å². The first-order chi connectivity index (χ1) is 21.7. The Morgan fingerprint density at radius 3 is 2.50 bits per heavy atom. The van der Waals surface area contributed by atoms with Crippen LogP contribution < -0.4 is 15.2 Å². The summed E-state index contributed by atoms with van der Waals surface area (Å²) >= 11 is 0. The minimum absolute atomic E-state index is 0.0701. The van der Waals surface area contributed by atoms with Gasteiger partial charge in [-0.2, -0.15) is 0 Å². The molecular formula is C33H32F2N6O5. The molecule has 0 atom stereocenters. The Hall–Kier alpha value is -5.07. The normalized spacial score (nSPS) is 15.8. The number of ether oxygens (including phenoxy) is 1. The topological polar surface area (TPSA) is 134 Å². The highest BCUT2D eigenvalue weighted by molar-refractivity contribution is 6.19. The largest absolute Gasteiger partial charge is 0.477 e. The summed E-state index contributed by atoms with van der Waals surface area (Å²) in [7, 11) is 3.03. The molecule has 11 nitrogen and oxygen atoms in total. The number of anilines is 2. The van der Waals surface area contributed by atoms with Gasteiger partial charge in [-0.05, 0) is 51.5 Å². The van der Waals surface area contributed by atoms with Crippen LogP contribution in [0.2, 0.25) is 0 Å². The molecule has 2 N–H and O–H groups in total. The minimum atomic E-state index is -1.35. The third-order valence-electron chi connectivity index (χ3n) is 9.04. The molecule has 0 unspecified atom stereocenters. The van der Waals surface area contributed by atoms with Crippen LogP contribution in [-0.2, 0) is 11.8 Å². The first-order valence-electron chi connectivity index (χ1n) is 15.0. The molecule has 7 rings (SSSR count). The number of H-pyrrole nitrogens is 1. The number of carboxylic acid groups (broad SMARTS) is 1. The molecule has 5 heterocycles. The summed E-state index contributed by atoms with van der Waals surface area (Å²) in [6.45, 7) is 6.49. The lowest BCUT2D eigenvalue weighted by Crippen LogP contribution is -2.34. The van der Waals surface area contributed by atoms with E-state index < -0.39 is 40.3 Å². The van der Waals surface area contributed by atoms with Gasteiger partial charge in [-0.1, -0.05) is 0 Å². The van der Waals surface area contributed by atoms with E-state index in [9.17, 15) is 19.5 Å². The zero-order valence-corrected chi connectivity index (χ0v) is 26.0. The second-order valence-electron chi connectivity index (χ2n) is 13.4. The molecule has 2 aliphatic rings. The molecule has 5 aromatic rings. The van der Waals surface area contributed by atoms with Crippen LogP contribution >= 0.6 is 0 Å². The van der Waals surface area contributed by atoms with Crippen molar-refractivity contribution in [1.29, 1.82) is 0 Å². The predicted octanol–water partition coefficient (Wildman–Crippen LogP) is 5.97. The number of carbonyl (C=O) groups is 2. The third kappa shape index (κ3) is 4.63. The second-order valence-corrected chi connectivity index (χ2v) is 13.4. The van der Waals surface area contributed by atoms with Crippen molar-refractivity contribution < 1.29 is 28.2 Å². The third-order valence-corrected chi connectivity index (χ3v) is 9.04. The zero-order chi connectivity index (χ0) is 32.9. The van der Waals surface area contributed by atoms with Gasteiger partial charge in [0.2, 0.25) is 5.43 Å². The quantitative estimate of drug-likeness (QED) is 0.248. The van der Waals surface area contributed by atoms with Gasteiger partial charge in [-0.25, -0.2) is 28.3 Å². The Balaban J connectivity index is 1.51. The van der Waals surface area contributed by atoms with Gasteiger partial charge in [0.15, 0.2) is 11.6 Å². The number of nitrogens with zero attached hydrogens (tertiary/aromatic N) is 5. The van der Waals surface area contributed by atoms with Crippen LogP contribution in [0.3, 0.4) is 0 Å². The SMILES string of the molecule is CN(C(=O)OC(C)(C)C)c1cc(F)c(F)c2c1[nH]c1ncc(-c3cnc4c(c3)c(=O)c(C(=O)O)cn4C)c(N3CCC4(CC4)C3)c12. The molecule has 1 saturated carbocycles. The number of benzene rings is 1. The highest BCUT2D eigenvalue weighted by Gasteiger charge is 2.48. The summed E-state index contributed by atoms with van der Waals surface area (Å²) in [6, 6.07) is 2.52. The van der Waals surface area contributed by atoms with Gasteiger partial charge < -0.3 is 24.3 Å². The first kappa shape index (κ1) is 29.6. The summed E-state index contributed by atoms with van der Waals surface area (Å²) in [5.74, 6) is -3.60. The monoisotopic (exact) mass is 630 g/mol. The highest BCUT2D eigenvalue weighted by atomic mass is 19.2. The van der Waals surface area contributed by atoms with Crippen LogP contribution in [0.4, 0.5) is 25.0 Å². The van der Waals surface area contributed by atoms with Gasteiger partial charge in [-0.3, -0.25) is 9.69 Å². The first-order valence-corrected chi connectivity index (χ1v) is 15.0.